The number of hydrogen-bond acceptors (Lipinski definition) is 3. The van der Waals surface area contributed by atoms with Crippen LogP contribution in [0.1, 0.15) is 48.5 Å². The van der Waals surface area contributed by atoms with E-state index >= 15 is 0 Å². The fourth-order valence-corrected chi connectivity index (χ4v) is 4.18. The zero-order chi connectivity index (χ0) is 12.7. The molecule has 0 aromatic heterocycles. The maximum atomic E-state index is 12.6. The highest BCUT2D eigenvalue weighted by Crippen LogP contribution is 2.62. The van der Waals surface area contributed by atoms with E-state index in [1.165, 1.54) is 6.92 Å². The van der Waals surface area contributed by atoms with Crippen molar-refractivity contribution in [3.63, 3.8) is 0 Å². The predicted molar refractivity (Wildman–Crippen MR) is 62.5 cm³/mol. The lowest BCUT2D eigenvalue weighted by molar-refractivity contribution is -0.119. The van der Waals surface area contributed by atoms with Crippen LogP contribution in [0.4, 0.5) is 0 Å². The van der Waals surface area contributed by atoms with Crippen molar-refractivity contribution in [3.8, 4) is 0 Å². The second kappa shape index (κ2) is 3.86. The van der Waals surface area contributed by atoms with E-state index in [4.69, 9.17) is 0 Å². The zero-order valence-electron chi connectivity index (χ0n) is 10.7. The third-order valence-corrected chi connectivity index (χ3v) is 6.33. The fraction of sp³-hybridized carbons (Fsp3) is 0.818. The van der Waals surface area contributed by atoms with E-state index in [1.54, 1.807) is 41.5 Å². The van der Waals surface area contributed by atoms with Gasteiger partial charge in [-0.15, -0.1) is 0 Å². The minimum Gasteiger partial charge on any atom is -0.307 e. The number of hydrogen-bond donors (Lipinski definition) is 0. The van der Waals surface area contributed by atoms with E-state index in [-0.39, 0.29) is 0 Å². The minimum absolute atomic E-state index is 0.421. The van der Waals surface area contributed by atoms with Gasteiger partial charge in [-0.1, -0.05) is 41.5 Å². The monoisotopic (exact) mass is 232 g/mol. The van der Waals surface area contributed by atoms with Crippen molar-refractivity contribution in [1.29, 1.82) is 0 Å². The summed E-state index contributed by atoms with van der Waals surface area (Å²) in [5, 5.41) is -0.788. The molecule has 0 aliphatic rings. The van der Waals surface area contributed by atoms with Gasteiger partial charge in [0, 0.05) is 17.5 Å². The number of carbonyl (C=O) groups excluding carboxylic acids is 2. The zero-order valence-corrected chi connectivity index (χ0v) is 11.6. The van der Waals surface area contributed by atoms with E-state index in [9.17, 15) is 14.2 Å². The van der Waals surface area contributed by atoms with Crippen LogP contribution in [0.5, 0.6) is 0 Å². The Morgan fingerprint density at radius 1 is 0.933 bits per heavy atom. The summed E-state index contributed by atoms with van der Waals surface area (Å²) in [5.74, 6) is 0. The summed E-state index contributed by atoms with van der Waals surface area (Å²) in [6.45, 7) is 11.4. The van der Waals surface area contributed by atoms with Gasteiger partial charge in [0.1, 0.15) is 0 Å². The molecular formula is C11H21O3P. The molecule has 1 atom stereocenters. The maximum absolute atomic E-state index is 12.6. The van der Waals surface area contributed by atoms with E-state index in [1.807, 2.05) is 0 Å². The molecule has 0 aromatic rings. The standard InChI is InChI=1S/C11H21O3P/c1-8(12)15(14,11(5,6)7)9(13)10(2,3)4/h1-7H3. The van der Waals surface area contributed by atoms with E-state index in [0.717, 1.165) is 0 Å². The molecule has 0 saturated heterocycles. The van der Waals surface area contributed by atoms with Gasteiger partial charge in [-0.25, -0.2) is 0 Å². The lowest BCUT2D eigenvalue weighted by atomic mass is 9.99. The van der Waals surface area contributed by atoms with Crippen molar-refractivity contribution in [3.05, 3.63) is 0 Å². The van der Waals surface area contributed by atoms with Crippen molar-refractivity contribution in [2.75, 3.05) is 0 Å². The van der Waals surface area contributed by atoms with Crippen LogP contribution in [0.3, 0.4) is 0 Å². The molecule has 1 unspecified atom stereocenters. The molecule has 88 valence electrons. The van der Waals surface area contributed by atoms with E-state index in [2.05, 4.69) is 0 Å². The molecule has 15 heavy (non-hydrogen) atoms. The molecule has 0 bridgehead atoms. The Balaban J connectivity index is 5.67. The molecule has 4 heteroatoms. The van der Waals surface area contributed by atoms with Crippen LogP contribution < -0.4 is 0 Å². The molecule has 0 aliphatic carbocycles. The summed E-state index contributed by atoms with van der Waals surface area (Å²) >= 11 is 0. The molecule has 0 amide bonds. The molecule has 0 fully saturated rings. The summed E-state index contributed by atoms with van der Waals surface area (Å²) in [6.07, 6.45) is 0. The van der Waals surface area contributed by atoms with Crippen molar-refractivity contribution in [1.82, 2.24) is 0 Å². The first kappa shape index (κ1) is 14.6. The highest BCUT2D eigenvalue weighted by atomic mass is 31.2. The molecule has 3 nitrogen and oxygen atoms in total. The molecule has 0 radical (unpaired) electrons. The normalized spacial score (nSPS) is 17.0. The maximum Gasteiger partial charge on any atom is 0.216 e. The topological polar surface area (TPSA) is 51.2 Å². The summed E-state index contributed by atoms with van der Waals surface area (Å²) in [5.41, 5.74) is -1.65. The predicted octanol–water partition coefficient (Wildman–Crippen LogP) is 3.27. The fourth-order valence-electron chi connectivity index (χ4n) is 1.39. The first-order valence-corrected chi connectivity index (χ1v) is 6.72. The molecule has 0 aliphatic heterocycles. The van der Waals surface area contributed by atoms with Crippen LogP contribution in [0.15, 0.2) is 0 Å². The summed E-state index contributed by atoms with van der Waals surface area (Å²) in [7, 11) is -3.47. The van der Waals surface area contributed by atoms with Crippen LogP contribution in [0, 0.1) is 5.41 Å². The number of rotatable bonds is 2. The van der Waals surface area contributed by atoms with Gasteiger partial charge in [0.2, 0.25) is 12.7 Å². The van der Waals surface area contributed by atoms with Crippen LogP contribution in [-0.4, -0.2) is 16.2 Å². The lowest BCUT2D eigenvalue weighted by Gasteiger charge is -2.32. The van der Waals surface area contributed by atoms with Crippen molar-refractivity contribution in [2.45, 2.75) is 53.6 Å². The van der Waals surface area contributed by atoms with Crippen molar-refractivity contribution in [2.24, 2.45) is 5.41 Å². The summed E-state index contributed by atoms with van der Waals surface area (Å²) in [6, 6.07) is 0. The molecular weight excluding hydrogens is 211 g/mol. The second-order valence-corrected chi connectivity index (χ2v) is 9.45. The Labute approximate surface area is 92.0 Å². The Kier molecular flexibility index (Phi) is 3.75. The Bertz CT molecular complexity index is 329. The van der Waals surface area contributed by atoms with Gasteiger partial charge in [-0.05, 0) is 0 Å². The minimum atomic E-state index is -3.47. The largest absolute Gasteiger partial charge is 0.307 e. The van der Waals surface area contributed by atoms with Gasteiger partial charge < -0.3 is 4.57 Å². The van der Waals surface area contributed by atoms with Crippen LogP contribution >= 0.6 is 7.14 Å². The summed E-state index contributed by atoms with van der Waals surface area (Å²) in [4.78, 5) is 23.6. The Hall–Kier alpha value is -0.430. The van der Waals surface area contributed by atoms with Crippen molar-refractivity contribution < 1.29 is 14.2 Å². The first-order chi connectivity index (χ1) is 6.35. The van der Waals surface area contributed by atoms with Gasteiger partial charge >= 0.3 is 0 Å². The molecule has 0 rings (SSSR count). The molecule has 0 spiro atoms. The molecule has 0 aromatic carbocycles. The smallest absolute Gasteiger partial charge is 0.216 e. The van der Waals surface area contributed by atoms with Gasteiger partial charge in [0.15, 0.2) is 5.52 Å². The van der Waals surface area contributed by atoms with Crippen LogP contribution in [0.25, 0.3) is 0 Å². The van der Waals surface area contributed by atoms with E-state index in [0.29, 0.717) is 0 Å². The quantitative estimate of drug-likeness (QED) is 0.686. The third-order valence-electron chi connectivity index (χ3n) is 2.32. The van der Waals surface area contributed by atoms with Gasteiger partial charge in [0.05, 0.1) is 0 Å². The second-order valence-electron chi connectivity index (χ2n) is 5.85. The van der Waals surface area contributed by atoms with Crippen LogP contribution in [-0.2, 0) is 14.2 Å². The SMILES string of the molecule is CC(=O)P(=O)(C(=O)C(C)(C)C)C(C)(C)C. The van der Waals surface area contributed by atoms with Gasteiger partial charge in [-0.3, -0.25) is 9.59 Å². The van der Waals surface area contributed by atoms with Crippen molar-refractivity contribution >= 4 is 18.2 Å². The average molecular weight is 232 g/mol. The number of carbonyl (C=O) groups is 2. The molecule has 0 N–H and O–H groups in total. The molecule has 0 heterocycles. The highest BCUT2D eigenvalue weighted by molar-refractivity contribution is 7.95. The highest BCUT2D eigenvalue weighted by Gasteiger charge is 2.50. The Morgan fingerprint density at radius 2 is 1.27 bits per heavy atom. The van der Waals surface area contributed by atoms with Crippen LogP contribution in [0.2, 0.25) is 0 Å². The average Bonchev–Trinajstić information content (AvgIpc) is 1.97. The summed E-state index contributed by atoms with van der Waals surface area (Å²) < 4.78 is 12.6. The molecule has 0 saturated carbocycles. The van der Waals surface area contributed by atoms with Gasteiger partial charge in [0.25, 0.3) is 0 Å². The third kappa shape index (κ3) is 2.57. The lowest BCUT2D eigenvalue weighted by Crippen LogP contribution is -2.32. The van der Waals surface area contributed by atoms with E-state index < -0.39 is 28.8 Å². The Morgan fingerprint density at radius 3 is 1.33 bits per heavy atom. The first-order valence-electron chi connectivity index (χ1n) is 5.01. The van der Waals surface area contributed by atoms with Gasteiger partial charge in [-0.2, -0.15) is 0 Å².